The average molecular weight is 304 g/mol. The molecule has 9 heteroatoms. The van der Waals surface area contributed by atoms with E-state index in [1.54, 1.807) is 15.6 Å². The highest BCUT2D eigenvalue weighted by molar-refractivity contribution is 5.91. The fourth-order valence-corrected chi connectivity index (χ4v) is 2.39. The van der Waals surface area contributed by atoms with Crippen molar-refractivity contribution >= 4 is 11.8 Å². The first-order valence-corrected chi connectivity index (χ1v) is 7.01. The summed E-state index contributed by atoms with van der Waals surface area (Å²) in [5, 5.41) is 14.5. The van der Waals surface area contributed by atoms with Gasteiger partial charge in [0.2, 0.25) is 11.7 Å². The lowest BCUT2D eigenvalue weighted by Gasteiger charge is -2.18. The minimum absolute atomic E-state index is 0.134. The van der Waals surface area contributed by atoms with E-state index in [0.717, 1.165) is 12.1 Å². The monoisotopic (exact) mass is 304 g/mol. The van der Waals surface area contributed by atoms with Crippen LogP contribution in [0.25, 0.3) is 0 Å². The Kier molecular flexibility index (Phi) is 3.86. The zero-order chi connectivity index (χ0) is 15.5. The summed E-state index contributed by atoms with van der Waals surface area (Å²) in [6.07, 6.45) is 2.22. The van der Waals surface area contributed by atoms with Crippen LogP contribution in [0.2, 0.25) is 0 Å². The van der Waals surface area contributed by atoms with Gasteiger partial charge in [0, 0.05) is 26.1 Å². The van der Waals surface area contributed by atoms with Gasteiger partial charge in [0.05, 0.1) is 25.0 Å². The van der Waals surface area contributed by atoms with Crippen LogP contribution in [0.1, 0.15) is 35.3 Å². The van der Waals surface area contributed by atoms with Crippen LogP contribution in [0.15, 0.2) is 16.8 Å². The number of nitrogens with zero attached hydrogens (tertiary/aromatic N) is 5. The lowest BCUT2D eigenvalue weighted by molar-refractivity contribution is -0.119. The van der Waals surface area contributed by atoms with Crippen molar-refractivity contribution in [2.45, 2.75) is 33.0 Å². The highest BCUT2D eigenvalue weighted by Gasteiger charge is 2.25. The molecule has 22 heavy (non-hydrogen) atoms. The predicted octanol–water partition coefficient (Wildman–Crippen LogP) is -0.0517. The number of hydrogen-bond acceptors (Lipinski definition) is 6. The molecule has 0 unspecified atom stereocenters. The molecule has 3 rings (SSSR count). The predicted molar refractivity (Wildman–Crippen MR) is 73.4 cm³/mol. The summed E-state index contributed by atoms with van der Waals surface area (Å²) in [6, 6.07) is 1.54. The highest BCUT2D eigenvalue weighted by Crippen LogP contribution is 2.17. The van der Waals surface area contributed by atoms with E-state index in [2.05, 4.69) is 20.8 Å². The SMILES string of the molecule is CC(=O)NCc1nnn2c1CN(C(=O)c1ccno1)CCC2. The summed E-state index contributed by atoms with van der Waals surface area (Å²) in [6.45, 7) is 3.41. The maximum Gasteiger partial charge on any atom is 0.292 e. The Balaban J connectivity index is 1.80. The number of hydrogen-bond donors (Lipinski definition) is 1. The summed E-state index contributed by atoms with van der Waals surface area (Å²) in [5.74, 6) is -0.132. The number of aryl methyl sites for hydroxylation is 1. The molecule has 0 spiro atoms. The topological polar surface area (TPSA) is 106 Å². The molecule has 2 aromatic heterocycles. The summed E-state index contributed by atoms with van der Waals surface area (Å²) < 4.78 is 6.71. The van der Waals surface area contributed by atoms with Crippen LogP contribution in [0.4, 0.5) is 0 Å². The number of carbonyl (C=O) groups excluding carboxylic acids is 2. The minimum Gasteiger partial charge on any atom is -0.351 e. The number of rotatable bonds is 3. The van der Waals surface area contributed by atoms with E-state index in [4.69, 9.17) is 4.52 Å². The molecule has 0 aliphatic carbocycles. The van der Waals surface area contributed by atoms with Gasteiger partial charge in [-0.15, -0.1) is 5.10 Å². The molecule has 1 aliphatic rings. The minimum atomic E-state index is -0.211. The Labute approximate surface area is 126 Å². The zero-order valence-corrected chi connectivity index (χ0v) is 12.2. The second-order valence-electron chi connectivity index (χ2n) is 5.07. The van der Waals surface area contributed by atoms with Crippen molar-refractivity contribution in [1.82, 2.24) is 30.4 Å². The van der Waals surface area contributed by atoms with Gasteiger partial charge in [0.25, 0.3) is 5.91 Å². The lowest BCUT2D eigenvalue weighted by Crippen LogP contribution is -2.31. The first-order chi connectivity index (χ1) is 10.6. The molecule has 1 N–H and O–H groups in total. The second kappa shape index (κ2) is 5.96. The first-order valence-electron chi connectivity index (χ1n) is 7.01. The van der Waals surface area contributed by atoms with E-state index in [1.165, 1.54) is 13.1 Å². The normalized spacial score (nSPS) is 14.3. The molecular weight excluding hydrogens is 288 g/mol. The number of aromatic nitrogens is 4. The van der Waals surface area contributed by atoms with Crippen LogP contribution in [0.3, 0.4) is 0 Å². The molecule has 0 aromatic carbocycles. The molecule has 2 amide bonds. The van der Waals surface area contributed by atoms with Gasteiger partial charge in [-0.25, -0.2) is 4.68 Å². The van der Waals surface area contributed by atoms with Gasteiger partial charge < -0.3 is 14.7 Å². The standard InChI is InChI=1S/C13H16N6O3/c1-9(20)14-7-10-11-8-18(5-2-6-19(11)17-16-10)13(21)12-3-4-15-22-12/h3-4H,2,5-8H2,1H3,(H,14,20). The van der Waals surface area contributed by atoms with Gasteiger partial charge in [0.1, 0.15) is 5.69 Å². The largest absolute Gasteiger partial charge is 0.351 e. The number of carbonyl (C=O) groups is 2. The molecule has 0 fully saturated rings. The Morgan fingerprint density at radius 1 is 1.41 bits per heavy atom. The van der Waals surface area contributed by atoms with Crippen LogP contribution < -0.4 is 5.32 Å². The van der Waals surface area contributed by atoms with Crippen molar-refractivity contribution in [2.75, 3.05) is 6.54 Å². The van der Waals surface area contributed by atoms with Gasteiger partial charge in [-0.05, 0) is 6.42 Å². The molecule has 1 aliphatic heterocycles. The quantitative estimate of drug-likeness (QED) is 0.852. The van der Waals surface area contributed by atoms with Crippen LogP contribution in [-0.4, -0.2) is 43.4 Å². The maximum absolute atomic E-state index is 12.4. The van der Waals surface area contributed by atoms with Crippen molar-refractivity contribution in [3.63, 3.8) is 0 Å². The third-order valence-corrected chi connectivity index (χ3v) is 3.50. The van der Waals surface area contributed by atoms with Gasteiger partial charge >= 0.3 is 0 Å². The van der Waals surface area contributed by atoms with Crippen LogP contribution in [-0.2, 0) is 24.4 Å². The first kappa shape index (κ1) is 14.2. The zero-order valence-electron chi connectivity index (χ0n) is 12.2. The van der Waals surface area contributed by atoms with Crippen molar-refractivity contribution in [3.05, 3.63) is 29.4 Å². The molecular formula is C13H16N6O3. The molecule has 9 nitrogen and oxygen atoms in total. The van der Waals surface area contributed by atoms with Crippen molar-refractivity contribution in [3.8, 4) is 0 Å². The van der Waals surface area contributed by atoms with E-state index < -0.39 is 0 Å². The fraction of sp³-hybridized carbons (Fsp3) is 0.462. The second-order valence-corrected chi connectivity index (χ2v) is 5.07. The Hall–Kier alpha value is -2.71. The van der Waals surface area contributed by atoms with Crippen molar-refractivity contribution in [1.29, 1.82) is 0 Å². The van der Waals surface area contributed by atoms with Gasteiger partial charge in [-0.1, -0.05) is 10.4 Å². The van der Waals surface area contributed by atoms with E-state index in [9.17, 15) is 9.59 Å². The third kappa shape index (κ3) is 2.83. The molecule has 3 heterocycles. The summed E-state index contributed by atoms with van der Waals surface area (Å²) >= 11 is 0. The molecule has 0 radical (unpaired) electrons. The van der Waals surface area contributed by atoms with E-state index in [-0.39, 0.29) is 17.6 Å². The Morgan fingerprint density at radius 2 is 2.27 bits per heavy atom. The van der Waals surface area contributed by atoms with Crippen molar-refractivity contribution in [2.24, 2.45) is 0 Å². The van der Waals surface area contributed by atoms with E-state index in [0.29, 0.717) is 31.9 Å². The average Bonchev–Trinajstić information content (AvgIpc) is 3.10. The number of amides is 2. The van der Waals surface area contributed by atoms with Crippen LogP contribution in [0, 0.1) is 0 Å². The maximum atomic E-state index is 12.4. The lowest BCUT2D eigenvalue weighted by atomic mass is 10.2. The third-order valence-electron chi connectivity index (χ3n) is 3.50. The molecule has 2 aromatic rings. The summed E-state index contributed by atoms with van der Waals surface area (Å²) in [7, 11) is 0. The Morgan fingerprint density at radius 3 is 3.00 bits per heavy atom. The van der Waals surface area contributed by atoms with E-state index >= 15 is 0 Å². The summed E-state index contributed by atoms with van der Waals surface area (Å²) in [5.41, 5.74) is 1.51. The van der Waals surface area contributed by atoms with Gasteiger partial charge in [0.15, 0.2) is 0 Å². The van der Waals surface area contributed by atoms with Gasteiger partial charge in [-0.3, -0.25) is 9.59 Å². The molecule has 0 saturated heterocycles. The van der Waals surface area contributed by atoms with Gasteiger partial charge in [-0.2, -0.15) is 0 Å². The number of nitrogens with one attached hydrogen (secondary N) is 1. The summed E-state index contributed by atoms with van der Waals surface area (Å²) in [4.78, 5) is 25.1. The van der Waals surface area contributed by atoms with Crippen molar-refractivity contribution < 1.29 is 14.1 Å². The van der Waals surface area contributed by atoms with Crippen LogP contribution in [0.5, 0.6) is 0 Å². The number of fused-ring (bicyclic) bond motifs is 1. The van der Waals surface area contributed by atoms with E-state index in [1.807, 2.05) is 0 Å². The van der Waals surface area contributed by atoms with Crippen LogP contribution >= 0.6 is 0 Å². The molecule has 116 valence electrons. The smallest absolute Gasteiger partial charge is 0.292 e. The fourth-order valence-electron chi connectivity index (χ4n) is 2.39. The molecule has 0 atom stereocenters. The Bertz CT molecular complexity index is 678. The highest BCUT2D eigenvalue weighted by atomic mass is 16.5. The molecule has 0 bridgehead atoms. The molecule has 0 saturated carbocycles.